The van der Waals surface area contributed by atoms with Crippen molar-refractivity contribution >= 4 is 45.6 Å². The van der Waals surface area contributed by atoms with Crippen LogP contribution in [0.2, 0.25) is 10.0 Å². The highest BCUT2D eigenvalue weighted by atomic mass is 35.5. The van der Waals surface area contributed by atoms with Crippen LogP contribution in [0.15, 0.2) is 48.5 Å². The van der Waals surface area contributed by atoms with E-state index in [-0.39, 0.29) is 5.91 Å². The van der Waals surface area contributed by atoms with Gasteiger partial charge in [0, 0.05) is 17.0 Å². The van der Waals surface area contributed by atoms with Crippen LogP contribution >= 0.6 is 34.5 Å². The molecule has 0 fully saturated rings. The molecule has 0 aliphatic carbocycles. The van der Waals surface area contributed by atoms with Gasteiger partial charge >= 0.3 is 0 Å². The molecule has 0 saturated heterocycles. The molecule has 0 radical (unpaired) electrons. The monoisotopic (exact) mass is 377 g/mol. The number of hydrogen-bond acceptors (Lipinski definition) is 4. The summed E-state index contributed by atoms with van der Waals surface area (Å²) >= 11 is 13.3. The van der Waals surface area contributed by atoms with Gasteiger partial charge in [0.1, 0.15) is 0 Å². The van der Waals surface area contributed by atoms with Crippen LogP contribution < -0.4 is 5.32 Å². The van der Waals surface area contributed by atoms with E-state index in [0.29, 0.717) is 33.0 Å². The minimum absolute atomic E-state index is 0.0937. The lowest BCUT2D eigenvalue weighted by Gasteiger charge is -2.01. The van der Waals surface area contributed by atoms with Crippen LogP contribution in [-0.4, -0.2) is 16.1 Å². The lowest BCUT2D eigenvalue weighted by molar-refractivity contribution is -0.116. The summed E-state index contributed by atoms with van der Waals surface area (Å²) in [6.45, 7) is 0. The van der Waals surface area contributed by atoms with E-state index in [9.17, 15) is 4.79 Å². The number of hydrogen-bond donors (Lipinski definition) is 1. The lowest BCUT2D eigenvalue weighted by Crippen LogP contribution is -2.12. The number of carbonyl (C=O) groups is 1. The maximum Gasteiger partial charge on any atom is 0.226 e. The summed E-state index contributed by atoms with van der Waals surface area (Å²) in [5, 5.41) is 13.0. The van der Waals surface area contributed by atoms with Gasteiger partial charge in [0.25, 0.3) is 0 Å². The summed E-state index contributed by atoms with van der Waals surface area (Å²) in [5.41, 5.74) is 1.86. The average Bonchev–Trinajstić information content (AvgIpc) is 3.02. The van der Waals surface area contributed by atoms with Crippen molar-refractivity contribution in [1.82, 2.24) is 10.2 Å². The molecular formula is C17H13Cl2N3OS. The summed E-state index contributed by atoms with van der Waals surface area (Å²) in [6.07, 6.45) is 1.07. The van der Waals surface area contributed by atoms with Crippen molar-refractivity contribution in [3.05, 3.63) is 64.1 Å². The van der Waals surface area contributed by atoms with E-state index in [1.807, 2.05) is 30.3 Å². The Kier molecular flexibility index (Phi) is 5.45. The number of nitrogens with one attached hydrogen (secondary N) is 1. The largest absolute Gasteiger partial charge is 0.301 e. The topological polar surface area (TPSA) is 54.9 Å². The van der Waals surface area contributed by atoms with E-state index < -0.39 is 0 Å². The molecule has 3 rings (SSSR count). The first-order valence-corrected chi connectivity index (χ1v) is 8.82. The summed E-state index contributed by atoms with van der Waals surface area (Å²) in [4.78, 5) is 12.0. The third kappa shape index (κ3) is 4.32. The van der Waals surface area contributed by atoms with E-state index in [1.54, 1.807) is 18.2 Å². The highest BCUT2D eigenvalue weighted by molar-refractivity contribution is 7.18. The van der Waals surface area contributed by atoms with Crippen molar-refractivity contribution in [2.75, 3.05) is 5.32 Å². The van der Waals surface area contributed by atoms with Crippen LogP contribution in [0.25, 0.3) is 10.6 Å². The molecule has 1 amide bonds. The van der Waals surface area contributed by atoms with Crippen LogP contribution in [0.5, 0.6) is 0 Å². The normalized spacial score (nSPS) is 10.6. The van der Waals surface area contributed by atoms with Gasteiger partial charge in [0.15, 0.2) is 5.01 Å². The van der Waals surface area contributed by atoms with Gasteiger partial charge < -0.3 is 5.32 Å². The number of nitrogens with zero attached hydrogens (tertiary/aromatic N) is 2. The van der Waals surface area contributed by atoms with Crippen LogP contribution in [0.4, 0.5) is 5.13 Å². The molecule has 4 nitrogen and oxygen atoms in total. The Morgan fingerprint density at radius 3 is 2.62 bits per heavy atom. The number of rotatable bonds is 5. The van der Waals surface area contributed by atoms with E-state index in [0.717, 1.165) is 11.1 Å². The molecule has 1 heterocycles. The summed E-state index contributed by atoms with van der Waals surface area (Å²) in [5.74, 6) is -0.0937. The second-order valence-electron chi connectivity index (χ2n) is 5.07. The molecule has 1 N–H and O–H groups in total. The van der Waals surface area contributed by atoms with E-state index in [2.05, 4.69) is 15.5 Å². The number of halogens is 2. The average molecular weight is 378 g/mol. The fourth-order valence-corrected chi connectivity index (χ4v) is 3.48. The van der Waals surface area contributed by atoms with Crippen molar-refractivity contribution in [2.45, 2.75) is 12.8 Å². The number of aryl methyl sites for hydroxylation is 1. The molecule has 2 aromatic carbocycles. The third-order valence-electron chi connectivity index (χ3n) is 3.32. The zero-order valence-corrected chi connectivity index (χ0v) is 14.8. The quantitative estimate of drug-likeness (QED) is 0.673. The van der Waals surface area contributed by atoms with Gasteiger partial charge in [0.05, 0.1) is 5.02 Å². The van der Waals surface area contributed by atoms with Crippen molar-refractivity contribution < 1.29 is 4.79 Å². The van der Waals surface area contributed by atoms with Crippen molar-refractivity contribution in [2.24, 2.45) is 0 Å². The minimum atomic E-state index is -0.0937. The Balaban J connectivity index is 1.62. The van der Waals surface area contributed by atoms with Gasteiger partial charge in [-0.15, -0.1) is 10.2 Å². The number of aromatic nitrogens is 2. The second kappa shape index (κ2) is 7.75. The molecule has 0 saturated carbocycles. The van der Waals surface area contributed by atoms with Crippen LogP contribution in [0.3, 0.4) is 0 Å². The maximum absolute atomic E-state index is 12.0. The molecule has 0 aliphatic heterocycles. The second-order valence-corrected chi connectivity index (χ2v) is 6.89. The minimum Gasteiger partial charge on any atom is -0.301 e. The summed E-state index contributed by atoms with van der Waals surface area (Å²) in [6, 6.07) is 15.0. The zero-order valence-electron chi connectivity index (χ0n) is 12.5. The maximum atomic E-state index is 12.0. The standard InChI is InChI=1S/C17H13Cl2N3OS/c18-12-7-8-13(14(19)10-12)16-21-22-17(24-16)20-15(23)9-6-11-4-2-1-3-5-11/h1-5,7-8,10H,6,9H2,(H,20,22,23). The molecule has 0 bridgehead atoms. The van der Waals surface area contributed by atoms with Crippen molar-refractivity contribution in [3.63, 3.8) is 0 Å². The Morgan fingerprint density at radius 1 is 1.08 bits per heavy atom. The molecule has 122 valence electrons. The number of carbonyl (C=O) groups excluding carboxylic acids is 1. The smallest absolute Gasteiger partial charge is 0.226 e. The van der Waals surface area contributed by atoms with E-state index in [4.69, 9.17) is 23.2 Å². The molecule has 7 heteroatoms. The van der Waals surface area contributed by atoms with E-state index in [1.165, 1.54) is 11.3 Å². The van der Waals surface area contributed by atoms with Gasteiger partial charge in [-0.05, 0) is 30.2 Å². The molecule has 0 spiro atoms. The fourth-order valence-electron chi connectivity index (χ4n) is 2.13. The van der Waals surface area contributed by atoms with Gasteiger partial charge in [-0.3, -0.25) is 4.79 Å². The van der Waals surface area contributed by atoms with Crippen molar-refractivity contribution in [1.29, 1.82) is 0 Å². The zero-order chi connectivity index (χ0) is 16.9. The first kappa shape index (κ1) is 16.9. The Labute approximate surface area is 153 Å². The molecule has 0 unspecified atom stereocenters. The Bertz CT molecular complexity index is 852. The first-order chi connectivity index (χ1) is 11.6. The van der Waals surface area contributed by atoms with E-state index >= 15 is 0 Å². The number of benzene rings is 2. The SMILES string of the molecule is O=C(CCc1ccccc1)Nc1nnc(-c2ccc(Cl)cc2Cl)s1. The highest BCUT2D eigenvalue weighted by Gasteiger charge is 2.12. The van der Waals surface area contributed by atoms with Crippen LogP contribution in [0, 0.1) is 0 Å². The van der Waals surface area contributed by atoms with Crippen molar-refractivity contribution in [3.8, 4) is 10.6 Å². The van der Waals surface area contributed by atoms with Crippen LogP contribution in [-0.2, 0) is 11.2 Å². The first-order valence-electron chi connectivity index (χ1n) is 7.24. The predicted octanol–water partition coefficient (Wildman–Crippen LogP) is 5.08. The van der Waals surface area contributed by atoms with Gasteiger partial charge in [-0.1, -0.05) is 64.9 Å². The van der Waals surface area contributed by atoms with Crippen LogP contribution in [0.1, 0.15) is 12.0 Å². The van der Waals surface area contributed by atoms with Gasteiger partial charge in [-0.25, -0.2) is 0 Å². The third-order valence-corrected chi connectivity index (χ3v) is 4.74. The van der Waals surface area contributed by atoms with Gasteiger partial charge in [-0.2, -0.15) is 0 Å². The Morgan fingerprint density at radius 2 is 1.88 bits per heavy atom. The summed E-state index contributed by atoms with van der Waals surface area (Å²) in [7, 11) is 0. The lowest BCUT2D eigenvalue weighted by atomic mass is 10.1. The Hall–Kier alpha value is -1.95. The number of amides is 1. The molecule has 3 aromatic rings. The predicted molar refractivity (Wildman–Crippen MR) is 98.8 cm³/mol. The molecule has 0 atom stereocenters. The summed E-state index contributed by atoms with van der Waals surface area (Å²) < 4.78 is 0. The fraction of sp³-hybridized carbons (Fsp3) is 0.118. The highest BCUT2D eigenvalue weighted by Crippen LogP contribution is 2.33. The molecular weight excluding hydrogens is 365 g/mol. The number of anilines is 1. The molecule has 1 aromatic heterocycles. The molecule has 0 aliphatic rings. The van der Waals surface area contributed by atoms with Gasteiger partial charge in [0.2, 0.25) is 11.0 Å². The molecule has 24 heavy (non-hydrogen) atoms.